The Labute approximate surface area is 152 Å². The molecule has 0 saturated heterocycles. The van der Waals surface area contributed by atoms with Gasteiger partial charge in [0.2, 0.25) is 0 Å². The molecule has 0 saturated carbocycles. The van der Waals surface area contributed by atoms with Gasteiger partial charge in [0.25, 0.3) is 5.91 Å². The van der Waals surface area contributed by atoms with Gasteiger partial charge < -0.3 is 5.32 Å². The summed E-state index contributed by atoms with van der Waals surface area (Å²) in [6, 6.07) is 8.26. The lowest BCUT2D eigenvalue weighted by atomic mass is 10.0. The van der Waals surface area contributed by atoms with E-state index in [1.54, 1.807) is 48.3 Å². The van der Waals surface area contributed by atoms with Crippen molar-refractivity contribution in [1.29, 1.82) is 0 Å². The first-order valence-corrected chi connectivity index (χ1v) is 10.00. The fourth-order valence-corrected chi connectivity index (χ4v) is 3.32. The molecule has 26 heavy (non-hydrogen) atoms. The molecule has 0 aliphatic rings. The molecule has 136 valence electrons. The number of benzene rings is 1. The largest absolute Gasteiger partial charge is 0.349 e. The second-order valence-electron chi connectivity index (χ2n) is 6.49. The van der Waals surface area contributed by atoms with E-state index in [0.29, 0.717) is 5.65 Å². The van der Waals surface area contributed by atoms with Gasteiger partial charge in [0.1, 0.15) is 5.69 Å². The Morgan fingerprint density at radius 2 is 1.85 bits per heavy atom. The molecule has 0 radical (unpaired) electrons. The number of fused-ring (bicyclic) bond motifs is 1. The van der Waals surface area contributed by atoms with Crippen LogP contribution in [0.1, 0.15) is 24.3 Å². The Kier molecular flexibility index (Phi) is 4.53. The molecular weight excluding hydrogens is 352 g/mol. The topological polar surface area (TPSA) is 94.0 Å². The third-order valence-electron chi connectivity index (χ3n) is 3.95. The summed E-state index contributed by atoms with van der Waals surface area (Å²) in [5.74, 6) is -0.267. The Morgan fingerprint density at radius 3 is 2.42 bits per heavy atom. The predicted molar refractivity (Wildman–Crippen MR) is 99.7 cm³/mol. The van der Waals surface area contributed by atoms with Gasteiger partial charge in [0.15, 0.2) is 15.5 Å². The SMILES string of the molecule is CC(C)NC(=O)c1cc(-c2ccc(S(C)(=O)=O)cc2)c2cnn(C)c2n1. The first-order valence-electron chi connectivity index (χ1n) is 8.11. The van der Waals surface area contributed by atoms with Crippen molar-refractivity contribution in [1.82, 2.24) is 20.1 Å². The van der Waals surface area contributed by atoms with Gasteiger partial charge in [-0.25, -0.2) is 13.4 Å². The lowest BCUT2D eigenvalue weighted by Gasteiger charge is -2.11. The molecule has 0 atom stereocenters. The van der Waals surface area contributed by atoms with Crippen molar-refractivity contribution in [2.24, 2.45) is 7.05 Å². The number of hydrogen-bond acceptors (Lipinski definition) is 5. The van der Waals surface area contributed by atoms with Crippen LogP contribution in [0.5, 0.6) is 0 Å². The van der Waals surface area contributed by atoms with Gasteiger partial charge in [-0.05, 0) is 43.2 Å². The van der Waals surface area contributed by atoms with Crippen LogP contribution in [0.25, 0.3) is 22.2 Å². The first kappa shape index (κ1) is 18.1. The van der Waals surface area contributed by atoms with Crippen LogP contribution in [0.15, 0.2) is 41.4 Å². The van der Waals surface area contributed by atoms with Gasteiger partial charge in [0.05, 0.1) is 11.1 Å². The summed E-state index contributed by atoms with van der Waals surface area (Å²) >= 11 is 0. The molecular formula is C18H20N4O3S. The van der Waals surface area contributed by atoms with Crippen molar-refractivity contribution < 1.29 is 13.2 Å². The van der Waals surface area contributed by atoms with Crippen molar-refractivity contribution in [3.05, 3.63) is 42.2 Å². The number of aromatic nitrogens is 3. The highest BCUT2D eigenvalue weighted by atomic mass is 32.2. The number of amides is 1. The zero-order valence-corrected chi connectivity index (χ0v) is 15.8. The highest BCUT2D eigenvalue weighted by molar-refractivity contribution is 7.90. The highest BCUT2D eigenvalue weighted by Gasteiger charge is 2.17. The van der Waals surface area contributed by atoms with Crippen LogP contribution in [-0.2, 0) is 16.9 Å². The maximum atomic E-state index is 12.4. The molecule has 1 aromatic carbocycles. The molecule has 8 heteroatoms. The average Bonchev–Trinajstić information content (AvgIpc) is 2.94. The zero-order valence-electron chi connectivity index (χ0n) is 15.0. The smallest absolute Gasteiger partial charge is 0.270 e. The minimum absolute atomic E-state index is 0.0102. The molecule has 0 aliphatic heterocycles. The number of hydrogen-bond donors (Lipinski definition) is 1. The van der Waals surface area contributed by atoms with Gasteiger partial charge in [0, 0.05) is 24.7 Å². The Balaban J connectivity index is 2.16. The van der Waals surface area contributed by atoms with Gasteiger partial charge in [-0.2, -0.15) is 5.10 Å². The maximum Gasteiger partial charge on any atom is 0.270 e. The van der Waals surface area contributed by atoms with Gasteiger partial charge in [-0.1, -0.05) is 12.1 Å². The zero-order chi connectivity index (χ0) is 19.1. The summed E-state index contributed by atoms with van der Waals surface area (Å²) < 4.78 is 24.9. The van der Waals surface area contributed by atoms with Gasteiger partial charge in [-0.3, -0.25) is 9.48 Å². The van der Waals surface area contributed by atoms with Crippen LogP contribution in [0, 0.1) is 0 Å². The van der Waals surface area contributed by atoms with E-state index in [9.17, 15) is 13.2 Å². The molecule has 2 heterocycles. The molecule has 2 aromatic heterocycles. The predicted octanol–water partition coefficient (Wildman–Crippen LogP) is 2.18. The van der Waals surface area contributed by atoms with Crippen LogP contribution >= 0.6 is 0 Å². The third kappa shape index (κ3) is 3.45. The highest BCUT2D eigenvalue weighted by Crippen LogP contribution is 2.29. The lowest BCUT2D eigenvalue weighted by molar-refractivity contribution is 0.0938. The second kappa shape index (κ2) is 6.53. The van der Waals surface area contributed by atoms with Crippen LogP contribution in [0.2, 0.25) is 0 Å². The van der Waals surface area contributed by atoms with Crippen molar-refractivity contribution in [3.63, 3.8) is 0 Å². The molecule has 7 nitrogen and oxygen atoms in total. The van der Waals surface area contributed by atoms with Crippen molar-refractivity contribution in [3.8, 4) is 11.1 Å². The minimum Gasteiger partial charge on any atom is -0.349 e. The van der Waals surface area contributed by atoms with Crippen molar-refractivity contribution in [2.45, 2.75) is 24.8 Å². The molecule has 0 spiro atoms. The number of sulfone groups is 1. The molecule has 3 rings (SSSR count). The molecule has 0 bridgehead atoms. The number of nitrogens with one attached hydrogen (secondary N) is 1. The number of nitrogens with zero attached hydrogens (tertiary/aromatic N) is 3. The summed E-state index contributed by atoms with van der Waals surface area (Å²) in [7, 11) is -1.51. The third-order valence-corrected chi connectivity index (χ3v) is 5.08. The summed E-state index contributed by atoms with van der Waals surface area (Å²) in [5.41, 5.74) is 2.44. The van der Waals surface area contributed by atoms with Gasteiger partial charge >= 0.3 is 0 Å². The van der Waals surface area contributed by atoms with E-state index in [-0.39, 0.29) is 22.5 Å². The van der Waals surface area contributed by atoms with E-state index < -0.39 is 9.84 Å². The Morgan fingerprint density at radius 1 is 1.19 bits per heavy atom. The Hall–Kier alpha value is -2.74. The normalized spacial score (nSPS) is 11.9. The first-order chi connectivity index (χ1) is 12.2. The fraction of sp³-hybridized carbons (Fsp3) is 0.278. The molecule has 0 fully saturated rings. The van der Waals surface area contributed by atoms with Crippen LogP contribution < -0.4 is 5.32 Å². The summed E-state index contributed by atoms with van der Waals surface area (Å²) in [5, 5.41) is 7.85. The fourth-order valence-electron chi connectivity index (χ4n) is 2.69. The van der Waals surface area contributed by atoms with Crippen LogP contribution in [0.3, 0.4) is 0 Å². The van der Waals surface area contributed by atoms with E-state index >= 15 is 0 Å². The lowest BCUT2D eigenvalue weighted by Crippen LogP contribution is -2.30. The maximum absolute atomic E-state index is 12.4. The number of carbonyl (C=O) groups excluding carboxylic acids is 1. The van der Waals surface area contributed by atoms with Crippen LogP contribution in [0.4, 0.5) is 0 Å². The van der Waals surface area contributed by atoms with E-state index in [4.69, 9.17) is 0 Å². The number of rotatable bonds is 4. The molecule has 0 unspecified atom stereocenters. The molecule has 0 aliphatic carbocycles. The molecule has 3 aromatic rings. The van der Waals surface area contributed by atoms with E-state index in [1.165, 1.54) is 6.26 Å². The number of pyridine rings is 1. The van der Waals surface area contributed by atoms with Crippen LogP contribution in [-0.4, -0.2) is 41.4 Å². The van der Waals surface area contributed by atoms with Crippen molar-refractivity contribution in [2.75, 3.05) is 6.26 Å². The molecule has 1 N–H and O–H groups in total. The molecule has 1 amide bonds. The minimum atomic E-state index is -3.27. The second-order valence-corrected chi connectivity index (χ2v) is 8.50. The number of carbonyl (C=O) groups is 1. The average molecular weight is 372 g/mol. The van der Waals surface area contributed by atoms with E-state index in [1.807, 2.05) is 13.8 Å². The summed E-state index contributed by atoms with van der Waals surface area (Å²) in [6.07, 6.45) is 2.86. The quantitative estimate of drug-likeness (QED) is 0.757. The van der Waals surface area contributed by atoms with Crippen molar-refractivity contribution >= 4 is 26.8 Å². The summed E-state index contributed by atoms with van der Waals surface area (Å²) in [4.78, 5) is 17.1. The monoisotopic (exact) mass is 372 g/mol. The summed E-state index contributed by atoms with van der Waals surface area (Å²) in [6.45, 7) is 3.76. The van der Waals surface area contributed by atoms with E-state index in [0.717, 1.165) is 16.5 Å². The van der Waals surface area contributed by atoms with Gasteiger partial charge in [-0.15, -0.1) is 0 Å². The number of aryl methyl sites for hydroxylation is 1. The standard InChI is InChI=1S/C18H20N4O3S/c1-11(2)20-18(23)16-9-14(15-10-19-22(3)17(15)21-16)12-5-7-13(8-6-12)26(4,24)25/h5-11H,1-4H3,(H,20,23). The van der Waals surface area contributed by atoms with E-state index in [2.05, 4.69) is 15.4 Å². The Bertz CT molecular complexity index is 1080.